The minimum Gasteiger partial charge on any atom is -0.384 e. The van der Waals surface area contributed by atoms with E-state index in [1.165, 1.54) is 0 Å². The van der Waals surface area contributed by atoms with Crippen LogP contribution in [0.5, 0.6) is 0 Å². The van der Waals surface area contributed by atoms with Gasteiger partial charge in [0.2, 0.25) is 0 Å². The monoisotopic (exact) mass is 243 g/mol. The van der Waals surface area contributed by atoms with Crippen LogP contribution >= 0.6 is 23.4 Å². The summed E-state index contributed by atoms with van der Waals surface area (Å²) < 4.78 is 0.349. The Bertz CT molecular complexity index is 289. The molecule has 1 nitrogen and oxygen atoms in total. The minimum absolute atomic E-state index is 0.349. The van der Waals surface area contributed by atoms with Gasteiger partial charge in [-0.15, -0.1) is 0 Å². The average molecular weight is 244 g/mol. The number of rotatable bonds is 4. The molecule has 0 aliphatic heterocycles. The molecule has 1 aromatic rings. The number of anilines is 1. The summed E-state index contributed by atoms with van der Waals surface area (Å²) in [6.45, 7) is 7.70. The molecule has 0 atom stereocenters. The second kappa shape index (κ2) is 5.66. The summed E-state index contributed by atoms with van der Waals surface area (Å²) in [5.41, 5.74) is 1.13. The second-order valence-corrected chi connectivity index (χ2v) is 6.75. The van der Waals surface area contributed by atoms with Crippen LogP contribution in [0.4, 0.5) is 5.69 Å². The molecule has 0 unspecified atom stereocenters. The number of thioether (sulfide) groups is 1. The number of hydrogen-bond acceptors (Lipinski definition) is 2. The predicted molar refractivity (Wildman–Crippen MR) is 72.2 cm³/mol. The molecule has 1 N–H and O–H groups in total. The van der Waals surface area contributed by atoms with Crippen LogP contribution in [0, 0.1) is 0 Å². The van der Waals surface area contributed by atoms with Crippen LogP contribution < -0.4 is 5.32 Å². The lowest BCUT2D eigenvalue weighted by molar-refractivity contribution is 0.802. The maximum atomic E-state index is 5.80. The molecule has 0 amide bonds. The Labute approximate surface area is 102 Å². The van der Waals surface area contributed by atoms with E-state index in [0.717, 1.165) is 23.0 Å². The first kappa shape index (κ1) is 12.7. The molecule has 15 heavy (non-hydrogen) atoms. The van der Waals surface area contributed by atoms with Gasteiger partial charge in [0.05, 0.1) is 0 Å². The molecule has 0 aliphatic rings. The molecular formula is C12H18ClNS. The molecule has 0 radical (unpaired) electrons. The first-order valence-corrected chi connectivity index (χ1v) is 6.47. The fraction of sp³-hybridized carbons (Fsp3) is 0.500. The third kappa shape index (κ3) is 5.95. The Morgan fingerprint density at radius 1 is 1.20 bits per heavy atom. The van der Waals surface area contributed by atoms with Gasteiger partial charge in [-0.25, -0.2) is 0 Å². The fourth-order valence-corrected chi connectivity index (χ4v) is 2.06. The van der Waals surface area contributed by atoms with Gasteiger partial charge in [-0.05, 0) is 24.3 Å². The Balaban J connectivity index is 2.23. The molecular weight excluding hydrogens is 226 g/mol. The zero-order valence-electron chi connectivity index (χ0n) is 9.51. The van der Waals surface area contributed by atoms with Crippen molar-refractivity contribution in [2.24, 2.45) is 0 Å². The van der Waals surface area contributed by atoms with Crippen LogP contribution in [0.2, 0.25) is 5.02 Å². The summed E-state index contributed by atoms with van der Waals surface area (Å²) in [5, 5.41) is 4.15. The predicted octanol–water partition coefficient (Wildman–Crippen LogP) is 4.28. The van der Waals surface area contributed by atoms with E-state index in [9.17, 15) is 0 Å². The van der Waals surface area contributed by atoms with Gasteiger partial charge in [-0.3, -0.25) is 0 Å². The number of halogens is 1. The average Bonchev–Trinajstić information content (AvgIpc) is 2.14. The summed E-state index contributed by atoms with van der Waals surface area (Å²) in [5.74, 6) is 1.12. The summed E-state index contributed by atoms with van der Waals surface area (Å²) >= 11 is 7.77. The lowest BCUT2D eigenvalue weighted by Crippen LogP contribution is -2.12. The molecule has 1 rings (SSSR count). The highest BCUT2D eigenvalue weighted by Gasteiger charge is 2.08. The molecule has 0 fully saturated rings. The standard InChI is InChI=1S/C12H18ClNS/c1-12(2,3)15-9-8-14-11-6-4-10(13)5-7-11/h4-7,14H,8-9H2,1-3H3. The molecule has 0 spiro atoms. The van der Waals surface area contributed by atoms with Crippen molar-refractivity contribution in [1.82, 2.24) is 0 Å². The summed E-state index contributed by atoms with van der Waals surface area (Å²) in [6, 6.07) is 7.82. The lowest BCUT2D eigenvalue weighted by Gasteiger charge is -2.17. The molecule has 0 bridgehead atoms. The second-order valence-electron chi connectivity index (χ2n) is 4.39. The van der Waals surface area contributed by atoms with Crippen LogP contribution in [-0.4, -0.2) is 17.0 Å². The van der Waals surface area contributed by atoms with E-state index in [1.54, 1.807) is 0 Å². The van der Waals surface area contributed by atoms with E-state index in [1.807, 2.05) is 36.0 Å². The normalized spacial score (nSPS) is 11.5. The number of nitrogens with one attached hydrogen (secondary N) is 1. The summed E-state index contributed by atoms with van der Waals surface area (Å²) in [6.07, 6.45) is 0. The van der Waals surface area contributed by atoms with Gasteiger partial charge in [0.1, 0.15) is 0 Å². The van der Waals surface area contributed by atoms with E-state index < -0.39 is 0 Å². The molecule has 0 saturated heterocycles. The first-order chi connectivity index (χ1) is 6.97. The van der Waals surface area contributed by atoms with E-state index in [4.69, 9.17) is 11.6 Å². The van der Waals surface area contributed by atoms with Crippen LogP contribution in [-0.2, 0) is 0 Å². The third-order valence-corrected chi connectivity index (χ3v) is 3.34. The zero-order chi connectivity index (χ0) is 11.3. The minimum atomic E-state index is 0.349. The van der Waals surface area contributed by atoms with Gasteiger partial charge in [-0.2, -0.15) is 11.8 Å². The summed E-state index contributed by atoms with van der Waals surface area (Å²) in [4.78, 5) is 0. The molecule has 84 valence electrons. The maximum absolute atomic E-state index is 5.80. The van der Waals surface area contributed by atoms with Gasteiger partial charge in [0.25, 0.3) is 0 Å². The highest BCUT2D eigenvalue weighted by Crippen LogP contribution is 2.22. The Kier molecular flexibility index (Phi) is 4.81. The number of hydrogen-bond donors (Lipinski definition) is 1. The van der Waals surface area contributed by atoms with Crippen molar-refractivity contribution < 1.29 is 0 Å². The van der Waals surface area contributed by atoms with Crippen molar-refractivity contribution >= 4 is 29.1 Å². The Hall–Kier alpha value is -0.340. The largest absolute Gasteiger partial charge is 0.384 e. The Morgan fingerprint density at radius 3 is 2.33 bits per heavy atom. The van der Waals surface area contributed by atoms with Crippen LogP contribution in [0.25, 0.3) is 0 Å². The first-order valence-electron chi connectivity index (χ1n) is 5.11. The lowest BCUT2D eigenvalue weighted by atomic mass is 10.3. The quantitative estimate of drug-likeness (QED) is 0.792. The smallest absolute Gasteiger partial charge is 0.0407 e. The van der Waals surface area contributed by atoms with Crippen molar-refractivity contribution in [3.8, 4) is 0 Å². The van der Waals surface area contributed by atoms with Gasteiger partial charge < -0.3 is 5.32 Å². The van der Waals surface area contributed by atoms with Gasteiger partial charge in [0, 0.05) is 27.8 Å². The molecule has 0 saturated carbocycles. The van der Waals surface area contributed by atoms with E-state index >= 15 is 0 Å². The van der Waals surface area contributed by atoms with Gasteiger partial charge >= 0.3 is 0 Å². The van der Waals surface area contributed by atoms with Gasteiger partial charge in [0.15, 0.2) is 0 Å². The van der Waals surface area contributed by atoms with Crippen LogP contribution in [0.1, 0.15) is 20.8 Å². The highest BCUT2D eigenvalue weighted by atomic mass is 35.5. The van der Waals surface area contributed by atoms with E-state index in [-0.39, 0.29) is 0 Å². The molecule has 0 aliphatic carbocycles. The SMILES string of the molecule is CC(C)(C)SCCNc1ccc(Cl)cc1. The van der Waals surface area contributed by atoms with Crippen molar-refractivity contribution in [1.29, 1.82) is 0 Å². The van der Waals surface area contributed by atoms with Crippen molar-refractivity contribution in [2.45, 2.75) is 25.5 Å². The molecule has 1 aromatic carbocycles. The fourth-order valence-electron chi connectivity index (χ4n) is 1.12. The molecule has 3 heteroatoms. The number of benzene rings is 1. The van der Waals surface area contributed by atoms with E-state index in [0.29, 0.717) is 4.75 Å². The van der Waals surface area contributed by atoms with Crippen molar-refractivity contribution in [3.05, 3.63) is 29.3 Å². The topological polar surface area (TPSA) is 12.0 Å². The van der Waals surface area contributed by atoms with E-state index in [2.05, 4.69) is 26.1 Å². The van der Waals surface area contributed by atoms with Crippen molar-refractivity contribution in [3.63, 3.8) is 0 Å². The maximum Gasteiger partial charge on any atom is 0.0407 e. The van der Waals surface area contributed by atoms with Crippen LogP contribution in [0.3, 0.4) is 0 Å². The Morgan fingerprint density at radius 2 is 1.80 bits per heavy atom. The zero-order valence-corrected chi connectivity index (χ0v) is 11.1. The van der Waals surface area contributed by atoms with Crippen LogP contribution in [0.15, 0.2) is 24.3 Å². The third-order valence-electron chi connectivity index (χ3n) is 1.81. The molecule has 0 aromatic heterocycles. The molecule has 0 heterocycles. The highest BCUT2D eigenvalue weighted by molar-refractivity contribution is 8.00. The van der Waals surface area contributed by atoms with Gasteiger partial charge in [-0.1, -0.05) is 32.4 Å². The summed E-state index contributed by atoms with van der Waals surface area (Å²) in [7, 11) is 0. The van der Waals surface area contributed by atoms with Crippen molar-refractivity contribution in [2.75, 3.05) is 17.6 Å².